The molecule has 2 N–H and O–H groups in total. The van der Waals surface area contributed by atoms with Gasteiger partial charge in [-0.1, -0.05) is 30.9 Å². The van der Waals surface area contributed by atoms with E-state index in [0.717, 1.165) is 80.5 Å². The van der Waals surface area contributed by atoms with E-state index in [2.05, 4.69) is 76.4 Å². The lowest BCUT2D eigenvalue weighted by atomic mass is 10.1. The first-order chi connectivity index (χ1) is 20.5. The second-order valence-corrected chi connectivity index (χ2v) is 11.0. The number of anilines is 3. The molecule has 9 heteroatoms. The van der Waals surface area contributed by atoms with E-state index in [-0.39, 0.29) is 5.91 Å². The number of carbonyl (C=O) groups excluding carboxylic acids is 1. The summed E-state index contributed by atoms with van der Waals surface area (Å²) in [6.07, 6.45) is 9.39. The minimum Gasteiger partial charge on any atom is -0.493 e. The molecule has 220 valence electrons. The summed E-state index contributed by atoms with van der Waals surface area (Å²) in [6.45, 7) is 9.08. The lowest BCUT2D eigenvalue weighted by Gasteiger charge is -2.25. The molecule has 0 aliphatic carbocycles. The lowest BCUT2D eigenvalue weighted by molar-refractivity contribution is -0.125. The number of hydrogen-bond acceptors (Lipinski definition) is 8. The van der Waals surface area contributed by atoms with Gasteiger partial charge in [0.2, 0.25) is 11.9 Å². The Hall–Kier alpha value is -4.21. The van der Waals surface area contributed by atoms with E-state index in [4.69, 9.17) is 9.72 Å². The second-order valence-electron chi connectivity index (χ2n) is 11.0. The summed E-state index contributed by atoms with van der Waals surface area (Å²) < 4.78 is 5.98. The second kappa shape index (κ2) is 14.1. The molecule has 0 spiro atoms. The van der Waals surface area contributed by atoms with E-state index < -0.39 is 0 Å². The number of nitrogens with zero attached hydrogens (tertiary/aromatic N) is 5. The van der Waals surface area contributed by atoms with Crippen LogP contribution >= 0.6 is 0 Å². The van der Waals surface area contributed by atoms with Crippen LogP contribution in [0.25, 0.3) is 11.3 Å². The molecule has 2 aromatic carbocycles. The van der Waals surface area contributed by atoms with Gasteiger partial charge < -0.3 is 20.3 Å². The van der Waals surface area contributed by atoms with Gasteiger partial charge >= 0.3 is 0 Å². The first kappa shape index (κ1) is 29.3. The maximum absolute atomic E-state index is 12.0. The summed E-state index contributed by atoms with van der Waals surface area (Å²) in [4.78, 5) is 27.8. The van der Waals surface area contributed by atoms with Crippen molar-refractivity contribution in [1.82, 2.24) is 24.7 Å². The number of benzene rings is 2. The van der Waals surface area contributed by atoms with E-state index in [1.54, 1.807) is 6.20 Å². The third-order valence-corrected chi connectivity index (χ3v) is 7.69. The van der Waals surface area contributed by atoms with Gasteiger partial charge in [0.1, 0.15) is 5.75 Å². The highest BCUT2D eigenvalue weighted by atomic mass is 16.5. The fourth-order valence-corrected chi connectivity index (χ4v) is 5.39. The van der Waals surface area contributed by atoms with Crippen molar-refractivity contribution in [2.75, 3.05) is 64.1 Å². The van der Waals surface area contributed by atoms with E-state index in [1.807, 2.05) is 35.2 Å². The first-order valence-electron chi connectivity index (χ1n) is 14.6. The highest BCUT2D eigenvalue weighted by molar-refractivity contribution is 5.87. The molecule has 1 amide bonds. The number of amides is 1. The number of carbonyl (C=O) groups is 1. The van der Waals surface area contributed by atoms with Crippen molar-refractivity contribution in [3.63, 3.8) is 0 Å². The van der Waals surface area contributed by atoms with Crippen molar-refractivity contribution in [2.24, 2.45) is 0 Å². The minimum atomic E-state index is 0.0154. The molecule has 5 rings (SSSR count). The van der Waals surface area contributed by atoms with Crippen LogP contribution in [0.4, 0.5) is 17.3 Å². The van der Waals surface area contributed by atoms with Gasteiger partial charge in [-0.2, -0.15) is 0 Å². The van der Waals surface area contributed by atoms with Gasteiger partial charge in [0.25, 0.3) is 0 Å². The SMILES string of the molecule is C=CC(=O)N1CCC(N(C)CCNc2cc3cc(c2)Nc2nccc(n2)-c2cccc(c2)OCC/C=C/CN(C)C3)C1. The number of nitrogens with one attached hydrogen (secondary N) is 2. The number of likely N-dealkylation sites (tertiary alicyclic amines) is 1. The zero-order valence-electron chi connectivity index (χ0n) is 24.6. The minimum absolute atomic E-state index is 0.0154. The zero-order chi connectivity index (χ0) is 29.3. The van der Waals surface area contributed by atoms with E-state index >= 15 is 0 Å². The summed E-state index contributed by atoms with van der Waals surface area (Å²) in [5.41, 5.74) is 4.97. The third kappa shape index (κ3) is 7.96. The van der Waals surface area contributed by atoms with E-state index in [0.29, 0.717) is 18.6 Å². The Balaban J connectivity index is 1.32. The molecule has 0 saturated carbocycles. The fourth-order valence-electron chi connectivity index (χ4n) is 5.39. The number of ether oxygens (including phenoxy) is 1. The molecule has 9 nitrogen and oxygen atoms in total. The van der Waals surface area contributed by atoms with Crippen LogP contribution in [-0.4, -0.2) is 90.0 Å². The van der Waals surface area contributed by atoms with Crippen LogP contribution < -0.4 is 15.4 Å². The Morgan fingerprint density at radius 1 is 1.24 bits per heavy atom. The normalized spacial score (nSPS) is 18.4. The van der Waals surface area contributed by atoms with Crippen LogP contribution in [0.15, 0.2) is 79.5 Å². The van der Waals surface area contributed by atoms with Crippen molar-refractivity contribution in [3.05, 3.63) is 85.1 Å². The van der Waals surface area contributed by atoms with Crippen LogP contribution in [0.2, 0.25) is 0 Å². The Kier molecular flexibility index (Phi) is 9.84. The molecule has 1 unspecified atom stereocenters. The molecular weight excluding hydrogens is 526 g/mol. The molecule has 3 aromatic rings. The topological polar surface area (TPSA) is 85.9 Å². The Morgan fingerprint density at radius 2 is 2.14 bits per heavy atom. The summed E-state index contributed by atoms with van der Waals surface area (Å²) in [5.74, 6) is 1.39. The van der Waals surface area contributed by atoms with Crippen molar-refractivity contribution < 1.29 is 9.53 Å². The Bertz CT molecular complexity index is 1410. The molecule has 2 aliphatic heterocycles. The molecule has 2 aliphatic rings. The van der Waals surface area contributed by atoms with Crippen LogP contribution in [0.3, 0.4) is 0 Å². The van der Waals surface area contributed by atoms with Crippen molar-refractivity contribution >= 4 is 23.2 Å². The number of rotatable bonds is 6. The largest absolute Gasteiger partial charge is 0.493 e. The molecule has 42 heavy (non-hydrogen) atoms. The molecule has 1 fully saturated rings. The fraction of sp³-hybridized carbons (Fsp3) is 0.364. The highest BCUT2D eigenvalue weighted by Gasteiger charge is 2.27. The molecule has 1 atom stereocenters. The molecule has 6 bridgehead atoms. The summed E-state index contributed by atoms with van der Waals surface area (Å²) >= 11 is 0. The Morgan fingerprint density at radius 3 is 3.02 bits per heavy atom. The molecule has 1 saturated heterocycles. The predicted octanol–water partition coefficient (Wildman–Crippen LogP) is 4.79. The Labute approximate surface area is 248 Å². The summed E-state index contributed by atoms with van der Waals surface area (Å²) in [5, 5.41) is 7.06. The van der Waals surface area contributed by atoms with Crippen molar-refractivity contribution in [3.8, 4) is 17.0 Å². The van der Waals surface area contributed by atoms with Gasteiger partial charge in [-0.15, -0.1) is 0 Å². The van der Waals surface area contributed by atoms with Crippen LogP contribution in [0.5, 0.6) is 5.75 Å². The molecule has 0 radical (unpaired) electrons. The molecule has 1 aromatic heterocycles. The third-order valence-electron chi connectivity index (χ3n) is 7.69. The van der Waals surface area contributed by atoms with Gasteiger partial charge in [0.15, 0.2) is 0 Å². The van der Waals surface area contributed by atoms with Crippen LogP contribution in [0, 0.1) is 0 Å². The maximum Gasteiger partial charge on any atom is 0.246 e. The van der Waals surface area contributed by atoms with Gasteiger partial charge in [0, 0.05) is 68.4 Å². The van der Waals surface area contributed by atoms with Crippen LogP contribution in [0.1, 0.15) is 18.4 Å². The number of likely N-dealkylation sites (N-methyl/N-ethyl adjacent to an activating group) is 2. The van der Waals surface area contributed by atoms with Gasteiger partial charge in [0.05, 0.1) is 12.3 Å². The van der Waals surface area contributed by atoms with E-state index in [9.17, 15) is 4.79 Å². The first-order valence-corrected chi connectivity index (χ1v) is 14.6. The summed E-state index contributed by atoms with van der Waals surface area (Å²) in [7, 11) is 4.26. The zero-order valence-corrected chi connectivity index (χ0v) is 24.6. The smallest absolute Gasteiger partial charge is 0.246 e. The van der Waals surface area contributed by atoms with Crippen LogP contribution in [-0.2, 0) is 11.3 Å². The van der Waals surface area contributed by atoms with Gasteiger partial charge in [-0.05, 0) is 75.0 Å². The van der Waals surface area contributed by atoms with Crippen molar-refractivity contribution in [1.29, 1.82) is 0 Å². The quantitative estimate of drug-likeness (QED) is 0.325. The average molecular weight is 568 g/mol. The lowest BCUT2D eigenvalue weighted by Crippen LogP contribution is -2.38. The van der Waals surface area contributed by atoms with E-state index in [1.165, 1.54) is 11.6 Å². The average Bonchev–Trinajstić information content (AvgIpc) is 3.49. The monoisotopic (exact) mass is 567 g/mol. The molecular formula is C33H41N7O2. The predicted molar refractivity (Wildman–Crippen MR) is 169 cm³/mol. The van der Waals surface area contributed by atoms with Gasteiger partial charge in [-0.3, -0.25) is 14.6 Å². The molecule has 3 heterocycles. The number of fused-ring (bicyclic) bond motifs is 7. The highest BCUT2D eigenvalue weighted by Crippen LogP contribution is 2.26. The number of aromatic nitrogens is 2. The number of hydrogen-bond donors (Lipinski definition) is 2. The summed E-state index contributed by atoms with van der Waals surface area (Å²) in [6, 6.07) is 16.8. The van der Waals surface area contributed by atoms with Crippen molar-refractivity contribution in [2.45, 2.75) is 25.4 Å². The maximum atomic E-state index is 12.0. The standard InChI is InChI=1S/C33H41N7O2/c1-4-32(41)40-16-12-29(24-40)39(3)17-14-34-27-19-25-20-28(22-27)36-33-35-13-11-31(37-33)26-9-8-10-30(21-26)42-18-7-5-6-15-38(2)23-25/h4-6,8-11,13,19-22,29,34H,1,7,12,14-18,23-24H2,2-3H3,(H,35,36,37)/b6-5+. The van der Waals surface area contributed by atoms with Gasteiger partial charge in [-0.25, -0.2) is 9.97 Å².